The minimum atomic E-state index is 0.437. The highest BCUT2D eigenvalue weighted by molar-refractivity contribution is 7.73. The zero-order valence-electron chi connectivity index (χ0n) is 6.28. The van der Waals surface area contributed by atoms with Gasteiger partial charge in [0.25, 0.3) is 0 Å². The first-order valence-corrected chi connectivity index (χ1v) is 4.43. The molecule has 0 bridgehead atoms. The molecule has 1 aromatic heterocycles. The number of nitriles is 1. The molecule has 0 aliphatic rings. The molecule has 5 heteroatoms. The third kappa shape index (κ3) is 1.40. The maximum Gasteiger partial charge on any atom is 0.164 e. The van der Waals surface area contributed by atoms with Crippen molar-refractivity contribution in [2.45, 2.75) is 6.54 Å². The Bertz CT molecular complexity index is 394. The first kappa shape index (κ1) is 8.97. The van der Waals surface area contributed by atoms with E-state index in [-0.39, 0.29) is 0 Å². The Kier molecular flexibility index (Phi) is 2.63. The molecule has 0 saturated heterocycles. The van der Waals surface area contributed by atoms with Gasteiger partial charge in [-0.15, -0.1) is 6.58 Å². The Labute approximate surface area is 79.4 Å². The SMILES string of the molecule is C=CCn1c(N)c(C#N)sc1=S. The molecular weight excluding hydrogens is 190 g/mol. The summed E-state index contributed by atoms with van der Waals surface area (Å²) >= 11 is 6.22. The summed E-state index contributed by atoms with van der Waals surface area (Å²) in [4.78, 5) is 0.474. The summed E-state index contributed by atoms with van der Waals surface area (Å²) in [5.41, 5.74) is 5.64. The Hall–Kier alpha value is -1.12. The van der Waals surface area contributed by atoms with Gasteiger partial charge in [-0.05, 0) is 12.2 Å². The summed E-state index contributed by atoms with van der Waals surface area (Å²) in [7, 11) is 0. The maximum atomic E-state index is 8.62. The molecule has 1 heterocycles. The number of aromatic nitrogens is 1. The number of thiazole rings is 1. The van der Waals surface area contributed by atoms with Crippen molar-refractivity contribution in [3.05, 3.63) is 21.5 Å². The maximum absolute atomic E-state index is 8.62. The number of nitrogen functional groups attached to an aromatic ring is 1. The van der Waals surface area contributed by atoms with Crippen LogP contribution in [0.3, 0.4) is 0 Å². The van der Waals surface area contributed by atoms with E-state index in [1.165, 1.54) is 11.3 Å². The van der Waals surface area contributed by atoms with E-state index < -0.39 is 0 Å². The van der Waals surface area contributed by atoms with Gasteiger partial charge in [-0.2, -0.15) is 5.26 Å². The molecule has 0 saturated carbocycles. The third-order valence-corrected chi connectivity index (χ3v) is 2.72. The number of rotatable bonds is 2. The van der Waals surface area contributed by atoms with E-state index in [0.29, 0.717) is 21.2 Å². The Balaban J connectivity index is 3.30. The van der Waals surface area contributed by atoms with Crippen molar-refractivity contribution in [2.24, 2.45) is 0 Å². The molecule has 1 aromatic rings. The van der Waals surface area contributed by atoms with Gasteiger partial charge < -0.3 is 10.3 Å². The quantitative estimate of drug-likeness (QED) is 0.582. The molecule has 0 fully saturated rings. The minimum absolute atomic E-state index is 0.437. The summed E-state index contributed by atoms with van der Waals surface area (Å²) in [6.45, 7) is 4.13. The fourth-order valence-corrected chi connectivity index (χ4v) is 1.94. The highest BCUT2D eigenvalue weighted by Gasteiger charge is 2.06. The molecule has 0 aliphatic carbocycles. The molecule has 0 radical (unpaired) electrons. The summed E-state index contributed by atoms with van der Waals surface area (Å²) in [5.74, 6) is 0.437. The second kappa shape index (κ2) is 3.52. The number of nitrogens with zero attached hydrogens (tertiary/aromatic N) is 2. The van der Waals surface area contributed by atoms with Gasteiger partial charge in [0.15, 0.2) is 3.95 Å². The van der Waals surface area contributed by atoms with Crippen molar-refractivity contribution in [1.29, 1.82) is 5.26 Å². The standard InChI is InChI=1S/C7H7N3S2/c1-2-3-10-6(9)5(4-8)12-7(10)11/h2H,1,3,9H2. The van der Waals surface area contributed by atoms with Gasteiger partial charge in [0.1, 0.15) is 16.8 Å². The van der Waals surface area contributed by atoms with Crippen LogP contribution in [0.4, 0.5) is 5.82 Å². The van der Waals surface area contributed by atoms with Gasteiger partial charge in [0.05, 0.1) is 0 Å². The lowest BCUT2D eigenvalue weighted by Crippen LogP contribution is -2.01. The lowest BCUT2D eigenvalue weighted by atomic mass is 10.5. The zero-order chi connectivity index (χ0) is 9.14. The molecule has 1 rings (SSSR count). The number of hydrogen-bond acceptors (Lipinski definition) is 4. The predicted octanol–water partition coefficient (Wildman–Crippen LogP) is 1.92. The lowest BCUT2D eigenvalue weighted by molar-refractivity contribution is 0.837. The van der Waals surface area contributed by atoms with Crippen molar-refractivity contribution in [3.8, 4) is 6.07 Å². The number of nitrogens with two attached hydrogens (primary N) is 1. The van der Waals surface area contributed by atoms with Crippen molar-refractivity contribution in [1.82, 2.24) is 4.57 Å². The molecule has 0 aliphatic heterocycles. The van der Waals surface area contributed by atoms with Crippen LogP contribution in [0.5, 0.6) is 0 Å². The van der Waals surface area contributed by atoms with Gasteiger partial charge in [-0.3, -0.25) is 0 Å². The molecule has 0 spiro atoms. The molecule has 0 unspecified atom stereocenters. The number of allylic oxidation sites excluding steroid dienone is 1. The van der Waals surface area contributed by atoms with Crippen molar-refractivity contribution in [3.63, 3.8) is 0 Å². The van der Waals surface area contributed by atoms with Crippen LogP contribution in [0.25, 0.3) is 0 Å². The van der Waals surface area contributed by atoms with Crippen molar-refractivity contribution >= 4 is 29.4 Å². The molecule has 0 aromatic carbocycles. The average Bonchev–Trinajstić information content (AvgIpc) is 2.32. The van der Waals surface area contributed by atoms with Crippen molar-refractivity contribution in [2.75, 3.05) is 5.73 Å². The van der Waals surface area contributed by atoms with Gasteiger partial charge in [-0.25, -0.2) is 0 Å². The highest BCUT2D eigenvalue weighted by atomic mass is 32.1. The molecule has 3 nitrogen and oxygen atoms in total. The van der Waals surface area contributed by atoms with Crippen LogP contribution >= 0.6 is 23.6 Å². The monoisotopic (exact) mass is 197 g/mol. The molecule has 2 N–H and O–H groups in total. The van der Waals surface area contributed by atoms with Crippen LogP contribution in [0.15, 0.2) is 12.7 Å². The van der Waals surface area contributed by atoms with E-state index >= 15 is 0 Å². The van der Waals surface area contributed by atoms with E-state index in [0.717, 1.165) is 0 Å². The second-order valence-electron chi connectivity index (χ2n) is 2.09. The fraction of sp³-hybridized carbons (Fsp3) is 0.143. The number of anilines is 1. The van der Waals surface area contributed by atoms with E-state index in [9.17, 15) is 0 Å². The first-order chi connectivity index (χ1) is 5.70. The van der Waals surface area contributed by atoms with Gasteiger partial charge >= 0.3 is 0 Å². The second-order valence-corrected chi connectivity index (χ2v) is 3.74. The van der Waals surface area contributed by atoms with Crippen LogP contribution in [0, 0.1) is 15.3 Å². The van der Waals surface area contributed by atoms with E-state index in [4.69, 9.17) is 23.2 Å². The predicted molar refractivity (Wildman–Crippen MR) is 52.5 cm³/mol. The van der Waals surface area contributed by atoms with Gasteiger partial charge in [0.2, 0.25) is 0 Å². The molecule has 62 valence electrons. The van der Waals surface area contributed by atoms with Gasteiger partial charge in [-0.1, -0.05) is 17.4 Å². The zero-order valence-corrected chi connectivity index (χ0v) is 7.91. The van der Waals surface area contributed by atoms with E-state index in [2.05, 4.69) is 6.58 Å². The Morgan fingerprint density at radius 2 is 2.50 bits per heavy atom. The molecule has 12 heavy (non-hydrogen) atoms. The number of hydrogen-bond donors (Lipinski definition) is 1. The topological polar surface area (TPSA) is 54.7 Å². The summed E-state index contributed by atoms with van der Waals surface area (Å²) in [5, 5.41) is 8.62. The average molecular weight is 197 g/mol. The van der Waals surface area contributed by atoms with Crippen LogP contribution in [-0.2, 0) is 6.54 Å². The lowest BCUT2D eigenvalue weighted by Gasteiger charge is -1.98. The van der Waals surface area contributed by atoms with Gasteiger partial charge in [0, 0.05) is 6.54 Å². The van der Waals surface area contributed by atoms with Crippen molar-refractivity contribution < 1.29 is 0 Å². The highest BCUT2D eigenvalue weighted by Crippen LogP contribution is 2.20. The summed E-state index contributed by atoms with van der Waals surface area (Å²) in [6.07, 6.45) is 1.69. The molecule has 0 amide bonds. The largest absolute Gasteiger partial charge is 0.383 e. The normalized spacial score (nSPS) is 9.25. The summed E-state index contributed by atoms with van der Waals surface area (Å²) in [6, 6.07) is 1.99. The van der Waals surface area contributed by atoms with Crippen LogP contribution in [-0.4, -0.2) is 4.57 Å². The molecular formula is C7H7N3S2. The van der Waals surface area contributed by atoms with E-state index in [1.807, 2.05) is 6.07 Å². The fourth-order valence-electron chi connectivity index (χ4n) is 0.798. The van der Waals surface area contributed by atoms with E-state index in [1.54, 1.807) is 10.6 Å². The third-order valence-electron chi connectivity index (χ3n) is 1.35. The molecule has 0 atom stereocenters. The van der Waals surface area contributed by atoms with Crippen LogP contribution < -0.4 is 5.73 Å². The Morgan fingerprint density at radius 1 is 1.83 bits per heavy atom. The van der Waals surface area contributed by atoms with Crippen LogP contribution in [0.1, 0.15) is 4.88 Å². The summed E-state index contributed by atoms with van der Waals surface area (Å²) < 4.78 is 2.30. The first-order valence-electron chi connectivity index (χ1n) is 3.20. The van der Waals surface area contributed by atoms with Crippen LogP contribution in [0.2, 0.25) is 0 Å². The smallest absolute Gasteiger partial charge is 0.164 e. The Morgan fingerprint density at radius 3 is 2.92 bits per heavy atom. The minimum Gasteiger partial charge on any atom is -0.383 e.